The second-order valence-corrected chi connectivity index (χ2v) is 3.62. The van der Waals surface area contributed by atoms with Gasteiger partial charge in [0.05, 0.1) is 18.1 Å². The SMILES string of the molecule is N#Cc1cccc(N(CCC(=O)O)CC(=O)O)c1. The van der Waals surface area contributed by atoms with E-state index in [1.165, 1.54) is 11.0 Å². The van der Waals surface area contributed by atoms with Gasteiger partial charge in [-0.3, -0.25) is 9.59 Å². The standard InChI is InChI=1S/C12H12N2O4/c13-7-9-2-1-3-10(6-9)14(8-12(17)18)5-4-11(15)16/h1-3,6H,4-5,8H2,(H,15,16)(H,17,18). The zero-order valence-corrected chi connectivity index (χ0v) is 9.54. The molecule has 0 fully saturated rings. The molecule has 0 atom stereocenters. The van der Waals surface area contributed by atoms with Crippen LogP contribution in [0.15, 0.2) is 24.3 Å². The van der Waals surface area contributed by atoms with E-state index in [4.69, 9.17) is 15.5 Å². The Morgan fingerprint density at radius 2 is 2.00 bits per heavy atom. The Hall–Kier alpha value is -2.55. The first-order valence-electron chi connectivity index (χ1n) is 5.21. The molecule has 18 heavy (non-hydrogen) atoms. The van der Waals surface area contributed by atoms with E-state index in [-0.39, 0.29) is 19.5 Å². The minimum atomic E-state index is -1.05. The van der Waals surface area contributed by atoms with Crippen LogP contribution in [0, 0.1) is 11.3 Å². The highest BCUT2D eigenvalue weighted by Gasteiger charge is 2.12. The Labute approximate surface area is 104 Å². The highest BCUT2D eigenvalue weighted by Crippen LogP contribution is 2.16. The van der Waals surface area contributed by atoms with Crippen molar-refractivity contribution in [1.29, 1.82) is 5.26 Å². The normalized spacial score (nSPS) is 9.50. The van der Waals surface area contributed by atoms with E-state index in [1.54, 1.807) is 18.2 Å². The molecule has 0 heterocycles. The first kappa shape index (κ1) is 13.5. The number of anilines is 1. The van der Waals surface area contributed by atoms with Crippen LogP contribution in [0.5, 0.6) is 0 Å². The maximum absolute atomic E-state index is 10.7. The summed E-state index contributed by atoms with van der Waals surface area (Å²) in [7, 11) is 0. The second kappa shape index (κ2) is 6.25. The molecule has 0 spiro atoms. The van der Waals surface area contributed by atoms with Gasteiger partial charge >= 0.3 is 11.9 Å². The summed E-state index contributed by atoms with van der Waals surface area (Å²) >= 11 is 0. The number of rotatable bonds is 6. The molecule has 0 amide bonds. The molecule has 94 valence electrons. The van der Waals surface area contributed by atoms with Crippen LogP contribution in [0.2, 0.25) is 0 Å². The Morgan fingerprint density at radius 3 is 2.56 bits per heavy atom. The summed E-state index contributed by atoms with van der Waals surface area (Å²) in [5, 5.41) is 26.2. The molecule has 0 saturated carbocycles. The molecule has 0 radical (unpaired) electrons. The Kier molecular flexibility index (Phi) is 4.69. The third kappa shape index (κ3) is 4.14. The maximum Gasteiger partial charge on any atom is 0.323 e. The fraction of sp³-hybridized carbons (Fsp3) is 0.250. The maximum atomic E-state index is 10.7. The molecular weight excluding hydrogens is 236 g/mol. The van der Waals surface area contributed by atoms with Crippen molar-refractivity contribution < 1.29 is 19.8 Å². The molecule has 6 nitrogen and oxygen atoms in total. The third-order valence-electron chi connectivity index (χ3n) is 2.26. The lowest BCUT2D eigenvalue weighted by atomic mass is 10.2. The van der Waals surface area contributed by atoms with Crippen LogP contribution in [-0.4, -0.2) is 35.2 Å². The van der Waals surface area contributed by atoms with E-state index < -0.39 is 11.9 Å². The van der Waals surface area contributed by atoms with Crippen LogP contribution in [-0.2, 0) is 9.59 Å². The Morgan fingerprint density at radius 1 is 1.28 bits per heavy atom. The van der Waals surface area contributed by atoms with Gasteiger partial charge in [0.1, 0.15) is 6.54 Å². The smallest absolute Gasteiger partial charge is 0.323 e. The van der Waals surface area contributed by atoms with Crippen molar-refractivity contribution in [3.05, 3.63) is 29.8 Å². The largest absolute Gasteiger partial charge is 0.481 e. The van der Waals surface area contributed by atoms with Crippen molar-refractivity contribution in [2.45, 2.75) is 6.42 Å². The number of nitrogens with zero attached hydrogens (tertiary/aromatic N) is 2. The number of hydrogen-bond acceptors (Lipinski definition) is 4. The molecule has 2 N–H and O–H groups in total. The van der Waals surface area contributed by atoms with Gasteiger partial charge in [0.2, 0.25) is 0 Å². The minimum absolute atomic E-state index is 0.0799. The van der Waals surface area contributed by atoms with Crippen molar-refractivity contribution >= 4 is 17.6 Å². The van der Waals surface area contributed by atoms with Gasteiger partial charge in [0.25, 0.3) is 0 Å². The van der Waals surface area contributed by atoms with Gasteiger partial charge in [0.15, 0.2) is 0 Å². The fourth-order valence-corrected chi connectivity index (χ4v) is 1.47. The van der Waals surface area contributed by atoms with Crippen molar-refractivity contribution in [2.24, 2.45) is 0 Å². The quantitative estimate of drug-likeness (QED) is 0.776. The number of carboxylic acid groups (broad SMARTS) is 2. The van der Waals surface area contributed by atoms with Gasteiger partial charge in [-0.1, -0.05) is 6.07 Å². The van der Waals surface area contributed by atoms with Crippen LogP contribution >= 0.6 is 0 Å². The van der Waals surface area contributed by atoms with E-state index in [0.29, 0.717) is 11.3 Å². The molecule has 0 aliphatic rings. The number of hydrogen-bond donors (Lipinski definition) is 2. The molecule has 6 heteroatoms. The average Bonchev–Trinajstić information content (AvgIpc) is 2.34. The first-order chi connectivity index (χ1) is 8.52. The van der Waals surface area contributed by atoms with E-state index in [2.05, 4.69) is 0 Å². The monoisotopic (exact) mass is 248 g/mol. The highest BCUT2D eigenvalue weighted by atomic mass is 16.4. The zero-order valence-electron chi connectivity index (χ0n) is 9.54. The summed E-state index contributed by atoms with van der Waals surface area (Å²) in [6.45, 7) is -0.224. The molecule has 1 aromatic rings. The molecule has 0 unspecified atom stereocenters. The summed E-state index contributed by atoms with van der Waals surface area (Å²) in [5.74, 6) is -2.05. The van der Waals surface area contributed by atoms with Gasteiger partial charge in [0, 0.05) is 12.2 Å². The van der Waals surface area contributed by atoms with Crippen molar-refractivity contribution in [2.75, 3.05) is 18.0 Å². The topological polar surface area (TPSA) is 102 Å². The fourth-order valence-electron chi connectivity index (χ4n) is 1.47. The molecule has 0 saturated heterocycles. The van der Waals surface area contributed by atoms with Crippen LogP contribution in [0.1, 0.15) is 12.0 Å². The number of carbonyl (C=O) groups is 2. The predicted molar refractivity (Wildman–Crippen MR) is 63.3 cm³/mol. The summed E-state index contributed by atoms with van der Waals surface area (Å²) < 4.78 is 0. The van der Waals surface area contributed by atoms with Crippen molar-refractivity contribution in [3.63, 3.8) is 0 Å². The average molecular weight is 248 g/mol. The van der Waals surface area contributed by atoms with Crippen LogP contribution < -0.4 is 4.90 Å². The lowest BCUT2D eigenvalue weighted by Crippen LogP contribution is -2.31. The van der Waals surface area contributed by atoms with Crippen molar-refractivity contribution in [1.82, 2.24) is 0 Å². The Bertz CT molecular complexity index is 493. The van der Waals surface area contributed by atoms with Gasteiger partial charge < -0.3 is 15.1 Å². The predicted octanol–water partition coefficient (Wildman–Crippen LogP) is 0.924. The first-order valence-corrected chi connectivity index (χ1v) is 5.21. The third-order valence-corrected chi connectivity index (χ3v) is 2.26. The van der Waals surface area contributed by atoms with Crippen LogP contribution in [0.25, 0.3) is 0 Å². The molecule has 0 aliphatic carbocycles. The number of carboxylic acids is 2. The lowest BCUT2D eigenvalue weighted by molar-refractivity contribution is -0.138. The number of nitriles is 1. The van der Waals surface area contributed by atoms with Crippen molar-refractivity contribution in [3.8, 4) is 6.07 Å². The minimum Gasteiger partial charge on any atom is -0.481 e. The van der Waals surface area contributed by atoms with Crippen LogP contribution in [0.4, 0.5) is 5.69 Å². The van der Waals surface area contributed by atoms with E-state index in [1.807, 2.05) is 6.07 Å². The van der Waals surface area contributed by atoms with Crippen LogP contribution in [0.3, 0.4) is 0 Å². The summed E-state index contributed by atoms with van der Waals surface area (Å²) in [6, 6.07) is 8.35. The summed E-state index contributed by atoms with van der Waals surface area (Å²) in [6.07, 6.45) is -0.163. The van der Waals surface area contributed by atoms with E-state index in [9.17, 15) is 9.59 Å². The van der Waals surface area contributed by atoms with E-state index >= 15 is 0 Å². The molecule has 1 rings (SSSR count). The summed E-state index contributed by atoms with van der Waals surface area (Å²) in [5.41, 5.74) is 0.927. The van der Waals surface area contributed by atoms with Gasteiger partial charge in [-0.05, 0) is 18.2 Å². The zero-order chi connectivity index (χ0) is 13.5. The molecule has 0 bridgehead atoms. The van der Waals surface area contributed by atoms with E-state index in [0.717, 1.165) is 0 Å². The molecule has 1 aromatic carbocycles. The number of aliphatic carboxylic acids is 2. The van der Waals surface area contributed by atoms with Gasteiger partial charge in [-0.15, -0.1) is 0 Å². The molecule has 0 aliphatic heterocycles. The highest BCUT2D eigenvalue weighted by molar-refractivity contribution is 5.75. The second-order valence-electron chi connectivity index (χ2n) is 3.62. The lowest BCUT2D eigenvalue weighted by Gasteiger charge is -2.22. The summed E-state index contributed by atoms with van der Waals surface area (Å²) in [4.78, 5) is 22.7. The Balaban J connectivity index is 2.89. The number of benzene rings is 1. The van der Waals surface area contributed by atoms with Gasteiger partial charge in [-0.2, -0.15) is 5.26 Å². The molecule has 0 aromatic heterocycles. The molecular formula is C12H12N2O4. The van der Waals surface area contributed by atoms with Gasteiger partial charge in [-0.25, -0.2) is 0 Å².